The highest BCUT2D eigenvalue weighted by Crippen LogP contribution is 2.47. The van der Waals surface area contributed by atoms with E-state index in [1.165, 1.54) is 11.1 Å². The quantitative estimate of drug-likeness (QED) is 0.305. The second-order valence-corrected chi connectivity index (χ2v) is 7.65. The molecule has 1 aliphatic heterocycles. The first kappa shape index (κ1) is 22.7. The largest absolute Gasteiger partial charge is 0.468 e. The van der Waals surface area contributed by atoms with Gasteiger partial charge in [-0.25, -0.2) is 4.98 Å². The first-order valence-corrected chi connectivity index (χ1v) is 9.69. The van der Waals surface area contributed by atoms with Crippen molar-refractivity contribution >= 4 is 17.5 Å². The summed E-state index contributed by atoms with van der Waals surface area (Å²) in [7, 11) is 0. The monoisotopic (exact) mass is 440 g/mol. The molecule has 31 heavy (non-hydrogen) atoms. The van der Waals surface area contributed by atoms with E-state index in [9.17, 15) is 22.8 Å². The molecule has 2 unspecified atom stereocenters. The van der Waals surface area contributed by atoms with Gasteiger partial charge in [0.1, 0.15) is 5.71 Å². The van der Waals surface area contributed by atoms with Crippen molar-refractivity contribution in [1.29, 1.82) is 5.41 Å². The van der Waals surface area contributed by atoms with Crippen LogP contribution in [0.2, 0.25) is 0 Å². The zero-order chi connectivity index (χ0) is 22.8. The first-order valence-electron chi connectivity index (χ1n) is 9.69. The van der Waals surface area contributed by atoms with Crippen molar-refractivity contribution in [2.45, 2.75) is 26.1 Å². The number of hydrogen-bond acceptors (Lipinski definition) is 6. The lowest BCUT2D eigenvalue weighted by molar-refractivity contribution is -0.154. The molecule has 0 spiro atoms. The van der Waals surface area contributed by atoms with Crippen LogP contribution in [0.3, 0.4) is 0 Å². The summed E-state index contributed by atoms with van der Waals surface area (Å²) in [5.74, 6) is -1.55. The van der Waals surface area contributed by atoms with Crippen molar-refractivity contribution in [2.24, 2.45) is 11.3 Å². The number of nitrogens with one attached hydrogen (secondary N) is 2. The second-order valence-electron chi connectivity index (χ2n) is 7.65. The molecule has 3 N–H and O–H groups in total. The van der Waals surface area contributed by atoms with Gasteiger partial charge in [-0.15, -0.1) is 0 Å². The van der Waals surface area contributed by atoms with Gasteiger partial charge < -0.3 is 20.1 Å². The minimum atomic E-state index is -4.47. The predicted molar refractivity (Wildman–Crippen MR) is 103 cm³/mol. The molecule has 1 aromatic heterocycles. The van der Waals surface area contributed by atoms with E-state index in [1.807, 2.05) is 0 Å². The number of alkyl halides is 3. The summed E-state index contributed by atoms with van der Waals surface area (Å²) in [5, 5.41) is 19.7. The summed E-state index contributed by atoms with van der Waals surface area (Å²) in [4.78, 5) is 30.5. The van der Waals surface area contributed by atoms with Crippen LogP contribution >= 0.6 is 0 Å². The zero-order valence-electron chi connectivity index (χ0n) is 16.8. The minimum Gasteiger partial charge on any atom is -0.468 e. The van der Waals surface area contributed by atoms with Crippen molar-refractivity contribution in [3.8, 4) is 5.88 Å². The van der Waals surface area contributed by atoms with Crippen molar-refractivity contribution in [3.63, 3.8) is 0 Å². The highest BCUT2D eigenvalue weighted by atomic mass is 19.4. The molecule has 2 aliphatic rings. The number of carbonyl (C=O) groups excluding carboxylic acids is 2. The predicted octanol–water partition coefficient (Wildman–Crippen LogP) is 1.36. The minimum absolute atomic E-state index is 0.0823. The zero-order valence-corrected chi connectivity index (χ0v) is 16.8. The van der Waals surface area contributed by atoms with Crippen LogP contribution in [0.25, 0.3) is 0 Å². The van der Waals surface area contributed by atoms with Crippen molar-refractivity contribution in [3.05, 3.63) is 35.5 Å². The Hall–Kier alpha value is -2.95. The molecule has 168 valence electrons. The molecule has 1 aliphatic carbocycles. The van der Waals surface area contributed by atoms with Crippen LogP contribution in [-0.2, 0) is 16.1 Å². The molecule has 11 heteroatoms. The van der Waals surface area contributed by atoms with Crippen molar-refractivity contribution in [2.75, 3.05) is 26.3 Å². The van der Waals surface area contributed by atoms with Crippen LogP contribution < -0.4 is 10.1 Å². The fourth-order valence-corrected chi connectivity index (χ4v) is 3.73. The molecule has 1 saturated heterocycles. The number of likely N-dealkylation sites (tertiary alicyclic amines) is 1. The van der Waals surface area contributed by atoms with Gasteiger partial charge in [0.2, 0.25) is 11.8 Å². The highest BCUT2D eigenvalue weighted by molar-refractivity contribution is 6.41. The number of nitrogens with zero attached hydrogens (tertiary/aromatic N) is 2. The Morgan fingerprint density at radius 1 is 1.48 bits per heavy atom. The van der Waals surface area contributed by atoms with E-state index in [4.69, 9.17) is 15.3 Å². The first-order chi connectivity index (χ1) is 14.6. The summed E-state index contributed by atoms with van der Waals surface area (Å²) < 4.78 is 41.7. The number of aliphatic hydroxyl groups is 1. The number of ether oxygens (including phenoxy) is 1. The lowest BCUT2D eigenvalue weighted by Gasteiger charge is -2.35. The Labute approximate surface area is 176 Å². The third-order valence-electron chi connectivity index (χ3n) is 5.32. The summed E-state index contributed by atoms with van der Waals surface area (Å²) in [5.41, 5.74) is -0.210. The SMILES string of the molecule is Cc1cc(CN2CC3(C(=N)C(=O)NCCCO)C=CC3C2=O)cnc1OCC(F)(F)F. The second kappa shape index (κ2) is 8.66. The van der Waals surface area contributed by atoms with E-state index in [-0.39, 0.29) is 43.7 Å². The van der Waals surface area contributed by atoms with Gasteiger partial charge in [0, 0.05) is 38.0 Å². The highest BCUT2D eigenvalue weighted by Gasteiger charge is 2.58. The van der Waals surface area contributed by atoms with Crippen LogP contribution in [0.1, 0.15) is 17.5 Å². The lowest BCUT2D eigenvalue weighted by Crippen LogP contribution is -2.49. The van der Waals surface area contributed by atoms with Crippen LogP contribution in [0.15, 0.2) is 24.4 Å². The molecule has 1 aromatic rings. The molecule has 1 fully saturated rings. The van der Waals surface area contributed by atoms with E-state index < -0.39 is 30.0 Å². The Balaban J connectivity index is 1.66. The normalized spacial score (nSPS) is 22.2. The molecule has 2 heterocycles. The van der Waals surface area contributed by atoms with Gasteiger partial charge in [0.05, 0.1) is 11.3 Å². The van der Waals surface area contributed by atoms with Crippen LogP contribution in [0.5, 0.6) is 5.88 Å². The van der Waals surface area contributed by atoms with Crippen LogP contribution in [-0.4, -0.2) is 65.0 Å². The molecular formula is C20H23F3N4O4. The van der Waals surface area contributed by atoms with E-state index in [0.29, 0.717) is 17.5 Å². The van der Waals surface area contributed by atoms with Gasteiger partial charge in [-0.05, 0) is 25.0 Å². The van der Waals surface area contributed by atoms with Gasteiger partial charge in [0.15, 0.2) is 6.61 Å². The fourth-order valence-electron chi connectivity index (χ4n) is 3.73. The number of fused-ring (bicyclic) bond motifs is 1. The summed E-state index contributed by atoms with van der Waals surface area (Å²) in [6, 6.07) is 1.60. The Bertz CT molecular complexity index is 918. The van der Waals surface area contributed by atoms with Crippen LogP contribution in [0, 0.1) is 23.7 Å². The summed E-state index contributed by atoms with van der Waals surface area (Å²) >= 11 is 0. The maximum atomic E-state index is 12.8. The van der Waals surface area contributed by atoms with Gasteiger partial charge in [0.25, 0.3) is 5.91 Å². The average molecular weight is 440 g/mol. The number of hydrogen-bond donors (Lipinski definition) is 3. The van der Waals surface area contributed by atoms with Gasteiger partial charge in [-0.2, -0.15) is 13.2 Å². The number of aromatic nitrogens is 1. The maximum Gasteiger partial charge on any atom is 0.422 e. The lowest BCUT2D eigenvalue weighted by atomic mass is 9.65. The smallest absolute Gasteiger partial charge is 0.422 e. The number of pyridine rings is 1. The molecule has 0 aromatic carbocycles. The van der Waals surface area contributed by atoms with Gasteiger partial charge >= 0.3 is 6.18 Å². The van der Waals surface area contributed by atoms with E-state index in [1.54, 1.807) is 25.1 Å². The molecule has 0 bridgehead atoms. The van der Waals surface area contributed by atoms with Crippen molar-refractivity contribution in [1.82, 2.24) is 15.2 Å². The third kappa shape index (κ3) is 4.71. The molecule has 0 saturated carbocycles. The van der Waals surface area contributed by atoms with E-state index in [2.05, 4.69) is 10.3 Å². The third-order valence-corrected chi connectivity index (χ3v) is 5.32. The average Bonchev–Trinajstić information content (AvgIpc) is 2.86. The Kier molecular flexibility index (Phi) is 6.35. The molecular weight excluding hydrogens is 417 g/mol. The van der Waals surface area contributed by atoms with Gasteiger partial charge in [-0.1, -0.05) is 12.2 Å². The molecule has 2 amide bonds. The topological polar surface area (TPSA) is 116 Å². The number of amides is 2. The number of aliphatic hydroxyl groups excluding tert-OH is 1. The van der Waals surface area contributed by atoms with E-state index >= 15 is 0 Å². The summed E-state index contributed by atoms with van der Waals surface area (Å²) in [6.45, 7) is 0.557. The number of rotatable bonds is 9. The van der Waals surface area contributed by atoms with Gasteiger partial charge in [-0.3, -0.25) is 15.0 Å². The molecule has 2 atom stereocenters. The van der Waals surface area contributed by atoms with E-state index in [0.717, 1.165) is 0 Å². The molecule has 3 rings (SSSR count). The van der Waals surface area contributed by atoms with Crippen LogP contribution in [0.4, 0.5) is 13.2 Å². The molecule has 8 nitrogen and oxygen atoms in total. The number of halogens is 3. The fraction of sp³-hybridized carbons (Fsp3) is 0.500. The van der Waals surface area contributed by atoms with Crippen molar-refractivity contribution < 1.29 is 32.6 Å². The molecule has 0 radical (unpaired) electrons. The summed E-state index contributed by atoms with van der Waals surface area (Å²) in [6.07, 6.45) is 0.589. The number of aryl methyl sites for hydroxylation is 1. The number of carbonyl (C=O) groups is 2. The standard InChI is InChI=1S/C20H23F3N4O4/c1-12-7-13(8-26-17(12)31-11-20(21,22)23)9-27-10-19(4-3-14(19)18(27)30)15(24)16(29)25-5-2-6-28/h3-4,7-8,14,24,28H,2,5-6,9-11H2,1H3,(H,25,29). The maximum absolute atomic E-state index is 12.8. The Morgan fingerprint density at radius 2 is 2.23 bits per heavy atom. The Morgan fingerprint density at radius 3 is 2.81 bits per heavy atom.